The molecule has 5 aromatic rings. The van der Waals surface area contributed by atoms with E-state index in [0.29, 0.717) is 11.3 Å². The highest BCUT2D eigenvalue weighted by molar-refractivity contribution is 6.08. The van der Waals surface area contributed by atoms with Gasteiger partial charge in [0.15, 0.2) is 11.5 Å². The first-order valence-corrected chi connectivity index (χ1v) is 13.4. The zero-order valence-electron chi connectivity index (χ0n) is 22.2. The van der Waals surface area contributed by atoms with Gasteiger partial charge < -0.3 is 9.73 Å². The number of anilines is 2. The molecule has 1 atom stereocenters. The van der Waals surface area contributed by atoms with E-state index in [0.717, 1.165) is 28.9 Å². The molecule has 200 valence electrons. The van der Waals surface area contributed by atoms with Crippen LogP contribution in [-0.2, 0) is 0 Å². The molecule has 0 saturated carbocycles. The zero-order valence-corrected chi connectivity index (χ0v) is 22.2. The van der Waals surface area contributed by atoms with Crippen LogP contribution < -0.4 is 10.3 Å². The van der Waals surface area contributed by atoms with Crippen LogP contribution in [-0.4, -0.2) is 17.4 Å². The lowest BCUT2D eigenvalue weighted by atomic mass is 9.98. The fourth-order valence-corrected chi connectivity index (χ4v) is 4.85. The number of nitrogens with zero attached hydrogens (tertiary/aromatic N) is 2. The van der Waals surface area contributed by atoms with Crippen molar-refractivity contribution < 1.29 is 14.0 Å². The number of hydrogen-bond donors (Lipinski definition) is 1. The Morgan fingerprint density at radius 1 is 0.829 bits per heavy atom. The second kappa shape index (κ2) is 11.7. The van der Waals surface area contributed by atoms with Gasteiger partial charge in [0.2, 0.25) is 0 Å². The molecule has 0 fully saturated rings. The number of ketones is 1. The summed E-state index contributed by atoms with van der Waals surface area (Å²) in [6.45, 7) is 0. The number of carbonyl (C=O) groups excluding carboxylic acids is 2. The van der Waals surface area contributed by atoms with Crippen LogP contribution in [0.4, 0.5) is 11.4 Å². The molecule has 6 heteroatoms. The van der Waals surface area contributed by atoms with Crippen molar-refractivity contribution in [3.8, 4) is 0 Å². The first-order valence-electron chi connectivity index (χ1n) is 13.4. The van der Waals surface area contributed by atoms with Crippen molar-refractivity contribution in [2.45, 2.75) is 12.5 Å². The number of benzene rings is 4. The second-order valence-corrected chi connectivity index (χ2v) is 9.69. The van der Waals surface area contributed by atoms with E-state index in [1.165, 1.54) is 17.9 Å². The largest absolute Gasteiger partial charge is 0.459 e. The van der Waals surface area contributed by atoms with Crippen molar-refractivity contribution in [1.29, 1.82) is 0 Å². The molecule has 1 aliphatic heterocycles. The van der Waals surface area contributed by atoms with Crippen molar-refractivity contribution in [2.24, 2.45) is 5.10 Å². The molecule has 0 aliphatic carbocycles. The van der Waals surface area contributed by atoms with E-state index in [-0.39, 0.29) is 23.5 Å². The minimum Gasteiger partial charge on any atom is -0.459 e. The van der Waals surface area contributed by atoms with Crippen molar-refractivity contribution in [2.75, 3.05) is 10.3 Å². The van der Waals surface area contributed by atoms with Gasteiger partial charge in [0.25, 0.3) is 5.91 Å². The summed E-state index contributed by atoms with van der Waals surface area (Å²) in [6, 6.07) is 38.9. The summed E-state index contributed by atoms with van der Waals surface area (Å²) in [5.74, 6) is -0.331. The molecule has 1 N–H and O–H groups in total. The van der Waals surface area contributed by atoms with Crippen LogP contribution in [0.15, 0.2) is 143 Å². The number of hydrogen-bond acceptors (Lipinski definition) is 5. The highest BCUT2D eigenvalue weighted by atomic mass is 16.3. The average molecular weight is 538 g/mol. The maximum atomic E-state index is 12.9. The number of allylic oxidation sites excluding steroid dienone is 1. The lowest BCUT2D eigenvalue weighted by molar-refractivity contribution is 0.0994. The number of hydrazone groups is 1. The summed E-state index contributed by atoms with van der Waals surface area (Å²) in [5, 5.41) is 9.85. The minimum absolute atomic E-state index is 0.0925. The first-order chi connectivity index (χ1) is 20.1. The molecule has 6 rings (SSSR count). The number of amides is 1. The molecule has 2 heterocycles. The summed E-state index contributed by atoms with van der Waals surface area (Å²) in [5.41, 5.74) is 6.25. The van der Waals surface area contributed by atoms with E-state index >= 15 is 0 Å². The molecule has 1 aliphatic rings. The molecule has 1 unspecified atom stereocenters. The lowest BCUT2D eigenvalue weighted by Gasteiger charge is -2.24. The van der Waals surface area contributed by atoms with Gasteiger partial charge in [0.05, 0.1) is 23.7 Å². The third-order valence-corrected chi connectivity index (χ3v) is 6.94. The summed E-state index contributed by atoms with van der Waals surface area (Å²) in [7, 11) is 0. The maximum absolute atomic E-state index is 12.9. The van der Waals surface area contributed by atoms with Gasteiger partial charge in [-0.25, -0.2) is 0 Å². The van der Waals surface area contributed by atoms with Crippen LogP contribution in [0.1, 0.15) is 50.1 Å². The first kappa shape index (κ1) is 25.8. The van der Waals surface area contributed by atoms with Gasteiger partial charge in [-0.1, -0.05) is 91.0 Å². The van der Waals surface area contributed by atoms with Gasteiger partial charge in [-0.2, -0.15) is 5.10 Å². The van der Waals surface area contributed by atoms with E-state index in [9.17, 15) is 9.59 Å². The van der Waals surface area contributed by atoms with Crippen molar-refractivity contribution in [3.05, 3.63) is 162 Å². The topological polar surface area (TPSA) is 74.9 Å². The molecule has 0 bridgehead atoms. The number of rotatable bonds is 8. The highest BCUT2D eigenvalue weighted by Crippen LogP contribution is 2.36. The van der Waals surface area contributed by atoms with E-state index < -0.39 is 0 Å². The number of furan rings is 1. The van der Waals surface area contributed by atoms with Gasteiger partial charge >= 0.3 is 0 Å². The van der Waals surface area contributed by atoms with Gasteiger partial charge in [-0.3, -0.25) is 14.6 Å². The predicted octanol–water partition coefficient (Wildman–Crippen LogP) is 7.78. The van der Waals surface area contributed by atoms with Crippen molar-refractivity contribution >= 4 is 34.9 Å². The standard InChI is InChI=1S/C35H27N3O3/c39-33(28-13-7-14-29(23-28)36-35(40)34-15-8-22-41-34)21-18-25-16-19-30(20-17-25)38-32(27-11-5-2-6-12-27)24-31(37-38)26-9-3-1-4-10-26/h1-23,32H,24H2,(H,36,40)/b21-18+. The van der Waals surface area contributed by atoms with Crippen LogP contribution in [0.25, 0.3) is 6.08 Å². The molecular formula is C35H27N3O3. The Bertz CT molecular complexity index is 1710. The Morgan fingerprint density at radius 3 is 2.32 bits per heavy atom. The van der Waals surface area contributed by atoms with E-state index in [2.05, 4.69) is 46.7 Å². The zero-order chi connectivity index (χ0) is 28.0. The summed E-state index contributed by atoms with van der Waals surface area (Å²) < 4.78 is 5.13. The maximum Gasteiger partial charge on any atom is 0.291 e. The van der Waals surface area contributed by atoms with Gasteiger partial charge in [0.1, 0.15) is 0 Å². The smallest absolute Gasteiger partial charge is 0.291 e. The lowest BCUT2D eigenvalue weighted by Crippen LogP contribution is -2.18. The highest BCUT2D eigenvalue weighted by Gasteiger charge is 2.29. The Balaban J connectivity index is 1.17. The van der Waals surface area contributed by atoms with E-state index in [1.807, 2.05) is 48.5 Å². The summed E-state index contributed by atoms with van der Waals surface area (Å²) in [4.78, 5) is 25.2. The molecule has 0 radical (unpaired) electrons. The molecule has 6 nitrogen and oxygen atoms in total. The number of carbonyl (C=O) groups is 2. The molecular weight excluding hydrogens is 510 g/mol. The fourth-order valence-electron chi connectivity index (χ4n) is 4.85. The second-order valence-electron chi connectivity index (χ2n) is 9.69. The minimum atomic E-state index is -0.372. The third-order valence-electron chi connectivity index (χ3n) is 6.94. The quantitative estimate of drug-likeness (QED) is 0.162. The van der Waals surface area contributed by atoms with E-state index in [4.69, 9.17) is 9.52 Å². The third kappa shape index (κ3) is 5.92. The number of nitrogens with one attached hydrogen (secondary N) is 1. The van der Waals surface area contributed by atoms with Crippen LogP contribution in [0, 0.1) is 0 Å². The predicted molar refractivity (Wildman–Crippen MR) is 162 cm³/mol. The summed E-state index contributed by atoms with van der Waals surface area (Å²) in [6.07, 6.45) is 5.58. The molecule has 4 aromatic carbocycles. The van der Waals surface area contributed by atoms with Crippen LogP contribution in [0.3, 0.4) is 0 Å². The Hall–Kier alpha value is -5.49. The average Bonchev–Trinajstić information content (AvgIpc) is 3.73. The normalized spacial score (nSPS) is 14.7. The van der Waals surface area contributed by atoms with Crippen molar-refractivity contribution in [1.82, 2.24) is 0 Å². The molecule has 1 aromatic heterocycles. The van der Waals surface area contributed by atoms with Crippen LogP contribution >= 0.6 is 0 Å². The molecule has 0 spiro atoms. The Labute approximate surface area is 238 Å². The SMILES string of the molecule is O=C(/C=C/c1ccc(N2N=C(c3ccccc3)CC2c2ccccc2)cc1)c1cccc(NC(=O)c2ccco2)c1. The van der Waals surface area contributed by atoms with Gasteiger partial charge in [-0.05, 0) is 59.2 Å². The molecule has 1 amide bonds. The molecule has 0 saturated heterocycles. The monoisotopic (exact) mass is 537 g/mol. The molecule has 41 heavy (non-hydrogen) atoms. The Morgan fingerprint density at radius 2 is 1.59 bits per heavy atom. The van der Waals surface area contributed by atoms with Crippen LogP contribution in [0.5, 0.6) is 0 Å². The van der Waals surface area contributed by atoms with Crippen LogP contribution in [0.2, 0.25) is 0 Å². The van der Waals surface area contributed by atoms with Gasteiger partial charge in [-0.15, -0.1) is 0 Å². The van der Waals surface area contributed by atoms with Gasteiger partial charge in [0, 0.05) is 17.7 Å². The van der Waals surface area contributed by atoms with Crippen molar-refractivity contribution in [3.63, 3.8) is 0 Å². The fraction of sp³-hybridized carbons (Fsp3) is 0.0571. The van der Waals surface area contributed by atoms with E-state index in [1.54, 1.807) is 42.5 Å². The Kier molecular flexibility index (Phi) is 7.36. The summed E-state index contributed by atoms with van der Waals surface area (Å²) >= 11 is 0.